The van der Waals surface area contributed by atoms with Crippen LogP contribution in [0.5, 0.6) is 5.75 Å². The Morgan fingerprint density at radius 1 is 1.10 bits per heavy atom. The molecule has 14 heteroatoms. The first-order valence-electron chi connectivity index (χ1n) is 13.4. The van der Waals surface area contributed by atoms with Crippen molar-refractivity contribution in [2.24, 2.45) is 7.05 Å². The predicted molar refractivity (Wildman–Crippen MR) is 146 cm³/mol. The zero-order chi connectivity index (χ0) is 29.1. The van der Waals surface area contributed by atoms with Gasteiger partial charge in [-0.25, -0.2) is 13.4 Å². The highest BCUT2D eigenvalue weighted by molar-refractivity contribution is 7.89. The Bertz CT molecular complexity index is 1720. The van der Waals surface area contributed by atoms with Crippen molar-refractivity contribution in [3.8, 4) is 17.0 Å². The highest BCUT2D eigenvalue weighted by Crippen LogP contribution is 2.40. The number of aromatic nitrogens is 5. The van der Waals surface area contributed by atoms with Crippen LogP contribution in [0.3, 0.4) is 0 Å². The van der Waals surface area contributed by atoms with E-state index in [1.54, 1.807) is 25.4 Å². The van der Waals surface area contributed by atoms with Crippen molar-refractivity contribution >= 4 is 26.7 Å². The van der Waals surface area contributed by atoms with Crippen LogP contribution in [0.15, 0.2) is 41.6 Å². The number of sulfonamides is 1. The summed E-state index contributed by atoms with van der Waals surface area (Å²) in [7, 11) is -0.669. The molecule has 3 aromatic heterocycles. The Hall–Kier alpha value is -3.65. The molecule has 218 valence electrons. The Balaban J connectivity index is 1.30. The van der Waals surface area contributed by atoms with E-state index >= 15 is 0 Å². The molecule has 1 aromatic carbocycles. The third-order valence-corrected chi connectivity index (χ3v) is 9.73. The van der Waals surface area contributed by atoms with E-state index in [9.17, 15) is 21.6 Å². The summed E-state index contributed by atoms with van der Waals surface area (Å²) < 4.78 is 75.5. The Morgan fingerprint density at radius 3 is 2.56 bits per heavy atom. The quantitative estimate of drug-likeness (QED) is 0.338. The number of rotatable bonds is 6. The Kier molecular flexibility index (Phi) is 6.72. The number of fused-ring (bicyclic) bond motifs is 2. The van der Waals surface area contributed by atoms with Gasteiger partial charge in [0.25, 0.3) is 0 Å². The molecule has 4 heterocycles. The van der Waals surface area contributed by atoms with Crippen LogP contribution in [0, 0.1) is 0 Å². The van der Waals surface area contributed by atoms with E-state index in [1.165, 1.54) is 11.4 Å². The Morgan fingerprint density at radius 2 is 1.85 bits per heavy atom. The molecule has 2 aliphatic rings. The monoisotopic (exact) mass is 589 g/mol. The van der Waals surface area contributed by atoms with E-state index in [0.717, 1.165) is 32.9 Å². The minimum atomic E-state index is -4.56. The molecule has 0 spiro atoms. The summed E-state index contributed by atoms with van der Waals surface area (Å²) in [5.41, 5.74) is 2.21. The van der Waals surface area contributed by atoms with Gasteiger partial charge in [0.05, 0.1) is 28.8 Å². The van der Waals surface area contributed by atoms with Crippen molar-refractivity contribution in [1.82, 2.24) is 28.9 Å². The minimum Gasteiger partial charge on any atom is -0.486 e. The number of pyridine rings is 1. The molecule has 0 atom stereocenters. The summed E-state index contributed by atoms with van der Waals surface area (Å²) in [4.78, 5) is 4.86. The molecule has 41 heavy (non-hydrogen) atoms. The van der Waals surface area contributed by atoms with Gasteiger partial charge < -0.3 is 10.1 Å². The van der Waals surface area contributed by atoms with Crippen LogP contribution < -0.4 is 10.1 Å². The lowest BCUT2D eigenvalue weighted by Crippen LogP contribution is -2.27. The lowest BCUT2D eigenvalue weighted by Gasteiger charge is -2.29. The van der Waals surface area contributed by atoms with Crippen LogP contribution in [0.4, 0.5) is 19.0 Å². The fourth-order valence-electron chi connectivity index (χ4n) is 5.81. The summed E-state index contributed by atoms with van der Waals surface area (Å²) in [5.74, 6) is 0.462. The standard InChI is InChI=1S/C27H30F3N7O3S/c1-4-31-24-12-21-20(13-32-24)25(16-5-10-23-17(11-16)15-35(2)41(23,38)39)34-37(21)18-6-8-19(9-7-18)40-22-14-33-36(3)26(22)27(28,29)30/h5,10-14,18-19H,4,6-9,15H2,1-3H3,(H,31,32). The number of aryl methyl sites for hydroxylation is 1. The lowest BCUT2D eigenvalue weighted by atomic mass is 9.93. The van der Waals surface area contributed by atoms with E-state index < -0.39 is 21.9 Å². The highest BCUT2D eigenvalue weighted by Gasteiger charge is 2.39. The molecule has 10 nitrogen and oxygen atoms in total. The summed E-state index contributed by atoms with van der Waals surface area (Å²) in [6.45, 7) is 2.98. The highest BCUT2D eigenvalue weighted by atomic mass is 32.2. The first kappa shape index (κ1) is 27.5. The third-order valence-electron chi connectivity index (χ3n) is 7.82. The molecule has 1 fully saturated rings. The molecular formula is C27H30F3N7O3S. The van der Waals surface area contributed by atoms with Crippen molar-refractivity contribution in [3.63, 3.8) is 0 Å². The van der Waals surface area contributed by atoms with E-state index in [4.69, 9.17) is 9.84 Å². The van der Waals surface area contributed by atoms with Gasteiger partial charge >= 0.3 is 6.18 Å². The maximum atomic E-state index is 13.5. The van der Waals surface area contributed by atoms with Crippen LogP contribution in [0.2, 0.25) is 0 Å². The summed E-state index contributed by atoms with van der Waals surface area (Å²) in [6, 6.07) is 7.23. The number of hydrogen-bond donors (Lipinski definition) is 1. The van der Waals surface area contributed by atoms with E-state index in [-0.39, 0.29) is 17.9 Å². The smallest absolute Gasteiger partial charge is 0.436 e. The maximum absolute atomic E-state index is 13.5. The fraction of sp³-hybridized carbons (Fsp3) is 0.444. The topological polar surface area (TPSA) is 107 Å². The number of anilines is 1. The second-order valence-electron chi connectivity index (χ2n) is 10.5. The van der Waals surface area contributed by atoms with Crippen molar-refractivity contribution in [2.75, 3.05) is 18.9 Å². The minimum absolute atomic E-state index is 0.0000928. The van der Waals surface area contributed by atoms with Gasteiger partial charge in [0.1, 0.15) is 11.5 Å². The number of ether oxygens (including phenoxy) is 1. The SMILES string of the molecule is CCNc1cc2c(cn1)c(-c1ccc3c(c1)CN(C)S3(=O)=O)nn2C1CCC(Oc2cnn(C)c2C(F)(F)F)CC1. The number of alkyl halides is 3. The van der Waals surface area contributed by atoms with Gasteiger partial charge in [0.15, 0.2) is 11.4 Å². The zero-order valence-corrected chi connectivity index (χ0v) is 23.6. The van der Waals surface area contributed by atoms with Gasteiger partial charge in [-0.15, -0.1) is 0 Å². The van der Waals surface area contributed by atoms with Crippen molar-refractivity contribution in [2.45, 2.75) is 62.4 Å². The first-order valence-corrected chi connectivity index (χ1v) is 14.9. The number of hydrogen-bond acceptors (Lipinski definition) is 7. The summed E-state index contributed by atoms with van der Waals surface area (Å²) in [5, 5.41) is 12.8. The second-order valence-corrected chi connectivity index (χ2v) is 12.5. The van der Waals surface area contributed by atoms with E-state index in [0.29, 0.717) is 55.2 Å². The van der Waals surface area contributed by atoms with Crippen molar-refractivity contribution < 1.29 is 26.3 Å². The zero-order valence-electron chi connectivity index (χ0n) is 22.8. The van der Waals surface area contributed by atoms with Gasteiger partial charge in [-0.2, -0.15) is 27.7 Å². The molecule has 1 N–H and O–H groups in total. The summed E-state index contributed by atoms with van der Waals surface area (Å²) >= 11 is 0. The van der Waals surface area contributed by atoms with E-state index in [1.807, 2.05) is 23.7 Å². The number of halogens is 3. The molecule has 4 aromatic rings. The van der Waals surface area contributed by atoms with Crippen molar-refractivity contribution in [1.29, 1.82) is 0 Å². The molecular weight excluding hydrogens is 559 g/mol. The average molecular weight is 590 g/mol. The molecule has 0 saturated heterocycles. The van der Waals surface area contributed by atoms with Crippen LogP contribution in [0.25, 0.3) is 22.2 Å². The lowest BCUT2D eigenvalue weighted by molar-refractivity contribution is -0.145. The molecule has 1 saturated carbocycles. The molecule has 0 unspecified atom stereocenters. The van der Waals surface area contributed by atoms with Gasteiger partial charge in [0, 0.05) is 50.4 Å². The number of benzene rings is 1. The van der Waals surface area contributed by atoms with Gasteiger partial charge in [-0.3, -0.25) is 9.36 Å². The first-order chi connectivity index (χ1) is 19.5. The van der Waals surface area contributed by atoms with Crippen LogP contribution in [-0.4, -0.2) is 57.0 Å². The normalized spacial score (nSPS) is 20.8. The van der Waals surface area contributed by atoms with Gasteiger partial charge in [0.2, 0.25) is 10.0 Å². The Labute approximate surface area is 235 Å². The number of nitrogens with zero attached hydrogens (tertiary/aromatic N) is 6. The van der Waals surface area contributed by atoms with E-state index in [2.05, 4.69) is 15.4 Å². The second kappa shape index (κ2) is 10.0. The summed E-state index contributed by atoms with van der Waals surface area (Å²) in [6.07, 6.45) is 0.409. The van der Waals surface area contributed by atoms with Gasteiger partial charge in [-0.05, 0) is 50.3 Å². The number of nitrogens with one attached hydrogen (secondary N) is 1. The third kappa shape index (κ3) is 4.82. The van der Waals surface area contributed by atoms with Gasteiger partial charge in [-0.1, -0.05) is 6.07 Å². The van der Waals surface area contributed by atoms with Crippen LogP contribution >= 0.6 is 0 Å². The molecule has 1 aliphatic carbocycles. The molecule has 0 amide bonds. The molecule has 0 radical (unpaired) electrons. The van der Waals surface area contributed by atoms with Crippen LogP contribution in [0.1, 0.15) is 49.9 Å². The largest absolute Gasteiger partial charge is 0.486 e. The predicted octanol–water partition coefficient (Wildman–Crippen LogP) is 4.98. The maximum Gasteiger partial charge on any atom is 0.436 e. The van der Waals surface area contributed by atoms with Crippen LogP contribution in [-0.2, 0) is 29.8 Å². The molecule has 0 bridgehead atoms. The fourth-order valence-corrected chi connectivity index (χ4v) is 7.15. The average Bonchev–Trinajstić information content (AvgIpc) is 3.55. The molecule has 6 rings (SSSR count). The molecule has 1 aliphatic heterocycles. The van der Waals surface area contributed by atoms with Crippen molar-refractivity contribution in [3.05, 3.63) is 47.9 Å².